The van der Waals surface area contributed by atoms with Gasteiger partial charge in [0, 0.05) is 24.7 Å². The highest BCUT2D eigenvalue weighted by molar-refractivity contribution is 5.59. The molecule has 2 rings (SSSR count). The SMILES string of the molecule is CC1=CC(C)c2ccccc2N(C)C1C. The summed E-state index contributed by atoms with van der Waals surface area (Å²) in [7, 11) is 2.18. The Hall–Kier alpha value is -1.24. The van der Waals surface area contributed by atoms with E-state index in [0.29, 0.717) is 12.0 Å². The van der Waals surface area contributed by atoms with Gasteiger partial charge < -0.3 is 4.90 Å². The maximum atomic E-state index is 2.38. The van der Waals surface area contributed by atoms with Crippen LogP contribution in [0.1, 0.15) is 32.3 Å². The molecule has 1 aliphatic heterocycles. The fourth-order valence-electron chi connectivity index (χ4n) is 2.33. The first kappa shape index (κ1) is 10.3. The van der Waals surface area contributed by atoms with E-state index in [1.165, 1.54) is 16.8 Å². The molecule has 1 heteroatoms. The van der Waals surface area contributed by atoms with Gasteiger partial charge in [-0.05, 0) is 25.5 Å². The molecule has 0 saturated heterocycles. The van der Waals surface area contributed by atoms with Crippen LogP contribution < -0.4 is 4.90 Å². The molecule has 0 radical (unpaired) electrons. The average Bonchev–Trinajstić information content (AvgIpc) is 2.33. The van der Waals surface area contributed by atoms with Gasteiger partial charge in [-0.15, -0.1) is 0 Å². The summed E-state index contributed by atoms with van der Waals surface area (Å²) in [4.78, 5) is 2.37. The lowest BCUT2D eigenvalue weighted by Gasteiger charge is -2.27. The molecule has 0 bridgehead atoms. The second kappa shape index (κ2) is 3.73. The number of para-hydroxylation sites is 1. The molecule has 0 aromatic heterocycles. The van der Waals surface area contributed by atoms with E-state index in [1.807, 2.05) is 0 Å². The van der Waals surface area contributed by atoms with E-state index in [-0.39, 0.29) is 0 Å². The molecule has 2 atom stereocenters. The van der Waals surface area contributed by atoms with Gasteiger partial charge in [0.15, 0.2) is 0 Å². The maximum absolute atomic E-state index is 2.38. The Morgan fingerprint density at radius 2 is 1.80 bits per heavy atom. The zero-order valence-electron chi connectivity index (χ0n) is 9.99. The molecule has 0 N–H and O–H groups in total. The van der Waals surface area contributed by atoms with Crippen LogP contribution in [0.4, 0.5) is 5.69 Å². The maximum Gasteiger partial charge on any atom is 0.0468 e. The summed E-state index contributed by atoms with van der Waals surface area (Å²) in [6.45, 7) is 6.76. The number of anilines is 1. The first-order chi connectivity index (χ1) is 7.11. The second-order valence-electron chi connectivity index (χ2n) is 4.55. The van der Waals surface area contributed by atoms with E-state index in [1.54, 1.807) is 0 Å². The van der Waals surface area contributed by atoms with Crippen LogP contribution in [-0.4, -0.2) is 13.1 Å². The standard InChI is InChI=1S/C14H19N/c1-10-9-11(2)13-7-5-6-8-14(13)15(4)12(10)3/h5-9,11-12H,1-4H3. The van der Waals surface area contributed by atoms with Crippen LogP contribution >= 0.6 is 0 Å². The molecule has 1 aromatic carbocycles. The minimum absolute atomic E-state index is 0.496. The number of hydrogen-bond acceptors (Lipinski definition) is 1. The molecule has 0 amide bonds. The Morgan fingerprint density at radius 3 is 2.53 bits per heavy atom. The van der Waals surface area contributed by atoms with Crippen molar-refractivity contribution in [1.29, 1.82) is 0 Å². The van der Waals surface area contributed by atoms with Crippen LogP contribution in [0.2, 0.25) is 0 Å². The van der Waals surface area contributed by atoms with Crippen LogP contribution in [-0.2, 0) is 0 Å². The molecule has 1 nitrogen and oxygen atoms in total. The minimum atomic E-state index is 0.496. The van der Waals surface area contributed by atoms with Crippen molar-refractivity contribution in [3.05, 3.63) is 41.5 Å². The zero-order chi connectivity index (χ0) is 11.0. The lowest BCUT2D eigenvalue weighted by Crippen LogP contribution is -2.29. The molecule has 1 aliphatic rings. The topological polar surface area (TPSA) is 3.24 Å². The third-order valence-electron chi connectivity index (χ3n) is 3.56. The smallest absolute Gasteiger partial charge is 0.0468 e. The summed E-state index contributed by atoms with van der Waals surface area (Å²) < 4.78 is 0. The van der Waals surface area contributed by atoms with Gasteiger partial charge in [-0.2, -0.15) is 0 Å². The quantitative estimate of drug-likeness (QED) is 0.580. The number of likely N-dealkylation sites (N-methyl/N-ethyl adjacent to an activating group) is 1. The number of benzene rings is 1. The Labute approximate surface area is 92.4 Å². The second-order valence-corrected chi connectivity index (χ2v) is 4.55. The molecule has 1 heterocycles. The highest BCUT2D eigenvalue weighted by Gasteiger charge is 2.20. The number of rotatable bonds is 0. The highest BCUT2D eigenvalue weighted by atomic mass is 15.1. The summed E-state index contributed by atoms with van der Waals surface area (Å²) >= 11 is 0. The monoisotopic (exact) mass is 201 g/mol. The van der Waals surface area contributed by atoms with E-state index in [2.05, 4.69) is 63.1 Å². The molecule has 1 aromatic rings. The summed E-state index contributed by atoms with van der Waals surface area (Å²) in [5.74, 6) is 0.522. The van der Waals surface area contributed by atoms with Crippen molar-refractivity contribution >= 4 is 5.69 Å². The van der Waals surface area contributed by atoms with E-state index >= 15 is 0 Å². The Balaban J connectivity index is 2.56. The number of nitrogens with zero attached hydrogens (tertiary/aromatic N) is 1. The van der Waals surface area contributed by atoms with E-state index in [4.69, 9.17) is 0 Å². The van der Waals surface area contributed by atoms with Gasteiger partial charge in [-0.25, -0.2) is 0 Å². The van der Waals surface area contributed by atoms with Gasteiger partial charge in [0.25, 0.3) is 0 Å². The Kier molecular flexibility index (Phi) is 2.56. The molecule has 0 spiro atoms. The normalized spacial score (nSPS) is 25.6. The van der Waals surface area contributed by atoms with Crippen molar-refractivity contribution in [1.82, 2.24) is 0 Å². The van der Waals surface area contributed by atoms with Crippen LogP contribution in [0, 0.1) is 0 Å². The first-order valence-corrected chi connectivity index (χ1v) is 5.61. The molecule has 0 aliphatic carbocycles. The van der Waals surface area contributed by atoms with E-state index in [9.17, 15) is 0 Å². The fraction of sp³-hybridized carbons (Fsp3) is 0.429. The van der Waals surface area contributed by atoms with Crippen LogP contribution in [0.5, 0.6) is 0 Å². The van der Waals surface area contributed by atoms with Gasteiger partial charge in [0.1, 0.15) is 0 Å². The minimum Gasteiger partial charge on any atom is -0.368 e. The molecular formula is C14H19N. The van der Waals surface area contributed by atoms with Gasteiger partial charge >= 0.3 is 0 Å². The van der Waals surface area contributed by atoms with Crippen LogP contribution in [0.15, 0.2) is 35.9 Å². The summed E-state index contributed by atoms with van der Waals surface area (Å²) in [6, 6.07) is 9.20. The zero-order valence-corrected chi connectivity index (χ0v) is 9.99. The number of hydrogen-bond donors (Lipinski definition) is 0. The van der Waals surface area contributed by atoms with Crippen molar-refractivity contribution in [2.45, 2.75) is 32.7 Å². The van der Waals surface area contributed by atoms with Crippen LogP contribution in [0.25, 0.3) is 0 Å². The third-order valence-corrected chi connectivity index (χ3v) is 3.56. The molecular weight excluding hydrogens is 182 g/mol. The largest absolute Gasteiger partial charge is 0.368 e. The van der Waals surface area contributed by atoms with Crippen molar-refractivity contribution in [3.63, 3.8) is 0 Å². The van der Waals surface area contributed by atoms with Crippen molar-refractivity contribution in [3.8, 4) is 0 Å². The molecule has 2 unspecified atom stereocenters. The number of allylic oxidation sites excluding steroid dienone is 1. The molecule has 0 saturated carbocycles. The lowest BCUT2D eigenvalue weighted by atomic mass is 9.98. The van der Waals surface area contributed by atoms with E-state index < -0.39 is 0 Å². The van der Waals surface area contributed by atoms with Gasteiger partial charge in [-0.3, -0.25) is 0 Å². The van der Waals surface area contributed by atoms with Gasteiger partial charge in [-0.1, -0.05) is 36.8 Å². The number of fused-ring (bicyclic) bond motifs is 1. The van der Waals surface area contributed by atoms with Crippen LogP contribution in [0.3, 0.4) is 0 Å². The van der Waals surface area contributed by atoms with Crippen molar-refractivity contribution in [2.75, 3.05) is 11.9 Å². The summed E-state index contributed by atoms with van der Waals surface area (Å²) in [5.41, 5.74) is 4.26. The summed E-state index contributed by atoms with van der Waals surface area (Å²) in [6.07, 6.45) is 2.38. The molecule has 80 valence electrons. The predicted octanol–water partition coefficient (Wildman–Crippen LogP) is 3.57. The summed E-state index contributed by atoms with van der Waals surface area (Å²) in [5, 5.41) is 0. The average molecular weight is 201 g/mol. The molecule has 0 fully saturated rings. The Bertz CT molecular complexity index is 392. The predicted molar refractivity (Wildman–Crippen MR) is 66.5 cm³/mol. The van der Waals surface area contributed by atoms with Gasteiger partial charge in [0.2, 0.25) is 0 Å². The molecule has 15 heavy (non-hydrogen) atoms. The lowest BCUT2D eigenvalue weighted by molar-refractivity contribution is 0.782. The highest BCUT2D eigenvalue weighted by Crippen LogP contribution is 2.34. The van der Waals surface area contributed by atoms with E-state index in [0.717, 1.165) is 0 Å². The third kappa shape index (κ3) is 1.67. The van der Waals surface area contributed by atoms with Crippen molar-refractivity contribution < 1.29 is 0 Å². The van der Waals surface area contributed by atoms with Gasteiger partial charge in [0.05, 0.1) is 0 Å². The van der Waals surface area contributed by atoms with Crippen molar-refractivity contribution in [2.24, 2.45) is 0 Å². The Morgan fingerprint density at radius 1 is 1.13 bits per heavy atom. The fourth-order valence-corrected chi connectivity index (χ4v) is 2.33. The first-order valence-electron chi connectivity index (χ1n) is 5.61.